The van der Waals surface area contributed by atoms with Crippen molar-refractivity contribution in [1.82, 2.24) is 0 Å². The van der Waals surface area contributed by atoms with E-state index in [1.165, 1.54) is 18.2 Å². The third-order valence-electron chi connectivity index (χ3n) is 5.75. The van der Waals surface area contributed by atoms with Crippen LogP contribution in [0.3, 0.4) is 0 Å². The highest BCUT2D eigenvalue weighted by Gasteiger charge is 2.13. The van der Waals surface area contributed by atoms with E-state index < -0.39 is 17.9 Å². The van der Waals surface area contributed by atoms with Crippen molar-refractivity contribution >= 4 is 56.5 Å². The van der Waals surface area contributed by atoms with Crippen LogP contribution in [-0.4, -0.2) is 23.0 Å². The molecule has 0 radical (unpaired) electrons. The van der Waals surface area contributed by atoms with E-state index in [0.29, 0.717) is 11.3 Å². The lowest BCUT2D eigenvalue weighted by Crippen LogP contribution is -2.20. The second kappa shape index (κ2) is 9.60. The van der Waals surface area contributed by atoms with E-state index in [4.69, 9.17) is 0 Å². The van der Waals surface area contributed by atoms with Gasteiger partial charge in [-0.3, -0.25) is 4.79 Å². The van der Waals surface area contributed by atoms with Gasteiger partial charge in [0, 0.05) is 22.3 Å². The van der Waals surface area contributed by atoms with Crippen LogP contribution < -0.4 is 16.0 Å². The van der Waals surface area contributed by atoms with Crippen LogP contribution in [-0.2, 0) is 0 Å². The molecule has 0 saturated heterocycles. The second-order valence-corrected chi connectivity index (χ2v) is 8.23. The normalized spacial score (nSPS) is 10.7. The summed E-state index contributed by atoms with van der Waals surface area (Å²) < 4.78 is 0. The first kappa shape index (κ1) is 22.6. The lowest BCUT2D eigenvalue weighted by molar-refractivity contribution is 0.0696. The molecule has 3 amide bonds. The molecule has 0 spiro atoms. The number of carbonyl (C=O) groups is 3. The Morgan fingerprint density at radius 3 is 2.00 bits per heavy atom. The molecule has 4 N–H and O–H groups in total. The minimum Gasteiger partial charge on any atom is -0.478 e. The molecule has 0 aliphatic rings. The molecule has 0 aliphatic carbocycles. The van der Waals surface area contributed by atoms with Gasteiger partial charge in [-0.1, -0.05) is 66.7 Å². The maximum Gasteiger partial charge on any atom is 0.335 e. The summed E-state index contributed by atoms with van der Waals surface area (Å²) in [7, 11) is 0. The molecule has 0 fully saturated rings. The number of benzene rings is 5. The van der Waals surface area contributed by atoms with Crippen LogP contribution >= 0.6 is 0 Å². The quantitative estimate of drug-likeness (QED) is 0.230. The number of nitrogens with one attached hydrogen (secondary N) is 3. The van der Waals surface area contributed by atoms with E-state index in [-0.39, 0.29) is 16.9 Å². The van der Waals surface area contributed by atoms with Crippen molar-refractivity contribution in [2.24, 2.45) is 0 Å². The lowest BCUT2D eigenvalue weighted by atomic mass is 10.1. The van der Waals surface area contributed by atoms with Gasteiger partial charge in [0.15, 0.2) is 0 Å². The first-order valence-electron chi connectivity index (χ1n) is 11.2. The maximum atomic E-state index is 12.9. The van der Waals surface area contributed by atoms with Gasteiger partial charge in [0.1, 0.15) is 0 Å². The molecule has 0 heterocycles. The molecular weight excluding hydrogens is 454 g/mol. The second-order valence-electron chi connectivity index (χ2n) is 8.23. The summed E-state index contributed by atoms with van der Waals surface area (Å²) in [5, 5.41) is 21.5. The van der Waals surface area contributed by atoms with Crippen LogP contribution in [0.5, 0.6) is 0 Å². The van der Waals surface area contributed by atoms with Gasteiger partial charge in [-0.2, -0.15) is 0 Å². The molecule has 7 heteroatoms. The highest BCUT2D eigenvalue weighted by molar-refractivity contribution is 6.09. The fourth-order valence-corrected chi connectivity index (χ4v) is 4.05. The largest absolute Gasteiger partial charge is 0.478 e. The van der Waals surface area contributed by atoms with Crippen molar-refractivity contribution in [2.45, 2.75) is 0 Å². The highest BCUT2D eigenvalue weighted by atomic mass is 16.4. The molecular formula is C29H21N3O4. The number of fused-ring (bicyclic) bond motifs is 2. The number of rotatable bonds is 5. The summed E-state index contributed by atoms with van der Waals surface area (Å²) in [4.78, 5) is 37.3. The van der Waals surface area contributed by atoms with Crippen molar-refractivity contribution in [3.8, 4) is 0 Å². The van der Waals surface area contributed by atoms with Gasteiger partial charge in [-0.25, -0.2) is 9.59 Å². The number of hydrogen-bond donors (Lipinski definition) is 4. The van der Waals surface area contributed by atoms with Crippen molar-refractivity contribution in [1.29, 1.82) is 0 Å². The topological polar surface area (TPSA) is 108 Å². The Morgan fingerprint density at radius 1 is 0.556 bits per heavy atom. The number of carbonyl (C=O) groups excluding carboxylic acids is 2. The van der Waals surface area contributed by atoms with E-state index >= 15 is 0 Å². The van der Waals surface area contributed by atoms with Gasteiger partial charge >= 0.3 is 12.0 Å². The van der Waals surface area contributed by atoms with Crippen molar-refractivity contribution in [3.05, 3.63) is 114 Å². The van der Waals surface area contributed by atoms with Crippen molar-refractivity contribution < 1.29 is 19.5 Å². The average Bonchev–Trinajstić information content (AvgIpc) is 2.88. The fraction of sp³-hybridized carbons (Fsp3) is 0. The van der Waals surface area contributed by atoms with Crippen LogP contribution in [0.1, 0.15) is 20.7 Å². The third kappa shape index (κ3) is 4.85. The van der Waals surface area contributed by atoms with E-state index in [1.807, 2.05) is 66.7 Å². The van der Waals surface area contributed by atoms with Crippen LogP contribution in [0.25, 0.3) is 21.5 Å². The number of urea groups is 1. The molecule has 176 valence electrons. The Kier molecular flexibility index (Phi) is 6.03. The van der Waals surface area contributed by atoms with E-state index in [0.717, 1.165) is 21.5 Å². The summed E-state index contributed by atoms with van der Waals surface area (Å²) in [6, 6.07) is 29.8. The van der Waals surface area contributed by atoms with Gasteiger partial charge in [-0.05, 0) is 52.6 Å². The number of aromatic carboxylic acids is 1. The Labute approximate surface area is 206 Å². The monoisotopic (exact) mass is 475 g/mol. The number of anilines is 3. The standard InChI is InChI=1S/C29H21N3O4/c33-27(21-13-12-18-6-1-2-8-20(18)14-21)30-23-15-22(28(34)35)16-24(17-23)31-29(36)32-26-11-5-9-19-7-3-4-10-25(19)26/h1-17H,(H,30,33)(H,34,35)(H2,31,32,36). The maximum absolute atomic E-state index is 12.9. The molecule has 0 aromatic heterocycles. The minimum atomic E-state index is -1.19. The highest BCUT2D eigenvalue weighted by Crippen LogP contribution is 2.25. The van der Waals surface area contributed by atoms with Gasteiger partial charge in [0.05, 0.1) is 11.3 Å². The zero-order valence-corrected chi connectivity index (χ0v) is 19.0. The first-order valence-corrected chi connectivity index (χ1v) is 11.2. The van der Waals surface area contributed by atoms with Gasteiger partial charge in [-0.15, -0.1) is 0 Å². The molecule has 36 heavy (non-hydrogen) atoms. The molecule has 0 saturated carbocycles. The molecule has 5 aromatic carbocycles. The van der Waals surface area contributed by atoms with E-state index in [2.05, 4.69) is 16.0 Å². The minimum absolute atomic E-state index is 0.0771. The van der Waals surface area contributed by atoms with Crippen molar-refractivity contribution in [3.63, 3.8) is 0 Å². The number of carboxylic acid groups (broad SMARTS) is 1. The fourth-order valence-electron chi connectivity index (χ4n) is 4.05. The predicted molar refractivity (Wildman–Crippen MR) is 142 cm³/mol. The Hall–Kier alpha value is -5.17. The number of hydrogen-bond acceptors (Lipinski definition) is 3. The molecule has 5 aromatic rings. The average molecular weight is 476 g/mol. The SMILES string of the molecule is O=C(Nc1cc(NC(=O)c2ccc3ccccc3c2)cc(C(=O)O)c1)Nc1cccc2ccccc12. The molecule has 0 aliphatic heterocycles. The summed E-state index contributed by atoms with van der Waals surface area (Å²) in [6.07, 6.45) is 0. The smallest absolute Gasteiger partial charge is 0.335 e. The Balaban J connectivity index is 1.37. The summed E-state index contributed by atoms with van der Waals surface area (Å²) in [5.74, 6) is -1.58. The van der Waals surface area contributed by atoms with Gasteiger partial charge in [0.2, 0.25) is 0 Å². The van der Waals surface area contributed by atoms with E-state index in [1.54, 1.807) is 18.2 Å². The van der Waals surface area contributed by atoms with E-state index in [9.17, 15) is 19.5 Å². The predicted octanol–water partition coefficient (Wildman–Crippen LogP) is 6.59. The Morgan fingerprint density at radius 2 is 1.22 bits per heavy atom. The third-order valence-corrected chi connectivity index (χ3v) is 5.75. The van der Waals surface area contributed by atoms with Crippen LogP contribution in [0.15, 0.2) is 103 Å². The molecule has 0 atom stereocenters. The van der Waals surface area contributed by atoms with Crippen LogP contribution in [0, 0.1) is 0 Å². The zero-order chi connectivity index (χ0) is 25.1. The van der Waals surface area contributed by atoms with Crippen LogP contribution in [0.2, 0.25) is 0 Å². The summed E-state index contributed by atoms with van der Waals surface area (Å²) in [6.45, 7) is 0. The number of carboxylic acids is 1. The first-order chi connectivity index (χ1) is 17.5. The van der Waals surface area contributed by atoms with Crippen LogP contribution in [0.4, 0.5) is 21.9 Å². The summed E-state index contributed by atoms with van der Waals surface area (Å²) >= 11 is 0. The number of amides is 3. The zero-order valence-electron chi connectivity index (χ0n) is 19.0. The lowest BCUT2D eigenvalue weighted by Gasteiger charge is -2.13. The molecule has 7 nitrogen and oxygen atoms in total. The summed E-state index contributed by atoms with van der Waals surface area (Å²) in [5.41, 5.74) is 1.43. The van der Waals surface area contributed by atoms with Gasteiger partial charge in [0.25, 0.3) is 5.91 Å². The molecule has 0 bridgehead atoms. The van der Waals surface area contributed by atoms with Gasteiger partial charge < -0.3 is 21.1 Å². The Bertz CT molecular complexity index is 1640. The van der Waals surface area contributed by atoms with Crippen molar-refractivity contribution in [2.75, 3.05) is 16.0 Å². The molecule has 5 rings (SSSR count). The molecule has 0 unspecified atom stereocenters.